The standard InChI is InChI=1S/C14H15ClN2/c1-10-4-2-3-5-12(10)14(16)8-11-6-7-17-9-13(11)15/h2-7,9,14H,8,16H2,1H3. The Labute approximate surface area is 106 Å². The Bertz CT molecular complexity index is 511. The molecule has 0 bridgehead atoms. The van der Waals surface area contributed by atoms with Crippen LogP contribution in [0.4, 0.5) is 0 Å². The van der Waals surface area contributed by atoms with E-state index in [0.29, 0.717) is 5.02 Å². The van der Waals surface area contributed by atoms with Crippen LogP contribution in [0.1, 0.15) is 22.7 Å². The normalized spacial score (nSPS) is 12.4. The number of halogens is 1. The first kappa shape index (κ1) is 12.1. The number of nitrogens with zero attached hydrogens (tertiary/aromatic N) is 1. The van der Waals surface area contributed by atoms with E-state index in [0.717, 1.165) is 12.0 Å². The Morgan fingerprint density at radius 1 is 1.29 bits per heavy atom. The van der Waals surface area contributed by atoms with Crippen molar-refractivity contribution in [1.82, 2.24) is 4.98 Å². The average molecular weight is 247 g/mol. The van der Waals surface area contributed by atoms with E-state index in [-0.39, 0.29) is 6.04 Å². The summed E-state index contributed by atoms with van der Waals surface area (Å²) >= 11 is 6.08. The first-order valence-corrected chi connectivity index (χ1v) is 5.96. The van der Waals surface area contributed by atoms with E-state index in [2.05, 4.69) is 24.0 Å². The molecule has 1 heterocycles. The molecule has 0 aliphatic heterocycles. The SMILES string of the molecule is Cc1ccccc1C(N)Cc1ccncc1Cl. The van der Waals surface area contributed by atoms with Crippen molar-refractivity contribution in [1.29, 1.82) is 0 Å². The Morgan fingerprint density at radius 2 is 2.06 bits per heavy atom. The molecule has 0 radical (unpaired) electrons. The van der Waals surface area contributed by atoms with Crippen molar-refractivity contribution in [3.8, 4) is 0 Å². The molecule has 2 N–H and O–H groups in total. The van der Waals surface area contributed by atoms with Gasteiger partial charge >= 0.3 is 0 Å². The summed E-state index contributed by atoms with van der Waals surface area (Å²) in [5.41, 5.74) is 9.64. The molecule has 88 valence electrons. The van der Waals surface area contributed by atoms with Gasteiger partial charge in [0.2, 0.25) is 0 Å². The molecule has 0 aliphatic rings. The highest BCUT2D eigenvalue weighted by Crippen LogP contribution is 2.22. The molecule has 0 amide bonds. The largest absolute Gasteiger partial charge is 0.324 e. The molecule has 0 spiro atoms. The van der Waals surface area contributed by atoms with Gasteiger partial charge in [0.05, 0.1) is 5.02 Å². The predicted octanol–water partition coefficient (Wildman–Crippen LogP) is 3.29. The van der Waals surface area contributed by atoms with Gasteiger partial charge in [0.15, 0.2) is 0 Å². The number of rotatable bonds is 3. The summed E-state index contributed by atoms with van der Waals surface area (Å²) < 4.78 is 0. The van der Waals surface area contributed by atoms with Gasteiger partial charge in [0, 0.05) is 18.4 Å². The van der Waals surface area contributed by atoms with E-state index in [1.807, 2.05) is 18.2 Å². The highest BCUT2D eigenvalue weighted by Gasteiger charge is 2.11. The van der Waals surface area contributed by atoms with Crippen molar-refractivity contribution in [2.24, 2.45) is 5.73 Å². The van der Waals surface area contributed by atoms with Crippen LogP contribution in [0.25, 0.3) is 0 Å². The quantitative estimate of drug-likeness (QED) is 0.903. The van der Waals surface area contributed by atoms with Crippen molar-refractivity contribution < 1.29 is 0 Å². The number of hydrogen-bond acceptors (Lipinski definition) is 2. The third-order valence-electron chi connectivity index (χ3n) is 2.88. The molecule has 3 heteroatoms. The predicted molar refractivity (Wildman–Crippen MR) is 71.1 cm³/mol. The van der Waals surface area contributed by atoms with Crippen LogP contribution in [0.3, 0.4) is 0 Å². The minimum absolute atomic E-state index is 0.0314. The fourth-order valence-corrected chi connectivity index (χ4v) is 2.12. The molecule has 1 unspecified atom stereocenters. The fourth-order valence-electron chi connectivity index (χ4n) is 1.92. The lowest BCUT2D eigenvalue weighted by molar-refractivity contribution is 0.716. The molecule has 0 saturated carbocycles. The number of nitrogens with two attached hydrogens (primary N) is 1. The van der Waals surface area contributed by atoms with Crippen LogP contribution in [0.5, 0.6) is 0 Å². The van der Waals surface area contributed by atoms with Crippen molar-refractivity contribution in [2.75, 3.05) is 0 Å². The van der Waals surface area contributed by atoms with Crippen LogP contribution < -0.4 is 5.73 Å². The number of hydrogen-bond donors (Lipinski definition) is 1. The Kier molecular flexibility index (Phi) is 3.77. The zero-order valence-corrected chi connectivity index (χ0v) is 10.5. The minimum Gasteiger partial charge on any atom is -0.324 e. The van der Waals surface area contributed by atoms with Gasteiger partial charge in [-0.15, -0.1) is 0 Å². The fraction of sp³-hybridized carbons (Fsp3) is 0.214. The van der Waals surface area contributed by atoms with Crippen LogP contribution >= 0.6 is 11.6 Å². The van der Waals surface area contributed by atoms with E-state index >= 15 is 0 Å². The molecular formula is C14H15ClN2. The molecule has 1 aromatic carbocycles. The van der Waals surface area contributed by atoms with E-state index in [1.54, 1.807) is 12.4 Å². The molecule has 1 atom stereocenters. The molecule has 2 nitrogen and oxygen atoms in total. The molecule has 0 saturated heterocycles. The maximum Gasteiger partial charge on any atom is 0.0622 e. The third-order valence-corrected chi connectivity index (χ3v) is 3.22. The summed E-state index contributed by atoms with van der Waals surface area (Å²) in [4.78, 5) is 3.97. The van der Waals surface area contributed by atoms with Gasteiger partial charge in [-0.2, -0.15) is 0 Å². The zero-order chi connectivity index (χ0) is 12.3. The molecule has 0 aliphatic carbocycles. The lowest BCUT2D eigenvalue weighted by Crippen LogP contribution is -2.14. The highest BCUT2D eigenvalue weighted by molar-refractivity contribution is 6.31. The van der Waals surface area contributed by atoms with E-state index in [4.69, 9.17) is 17.3 Å². The van der Waals surface area contributed by atoms with Gasteiger partial charge in [-0.1, -0.05) is 35.9 Å². The van der Waals surface area contributed by atoms with Gasteiger partial charge in [-0.05, 0) is 36.1 Å². The summed E-state index contributed by atoms with van der Waals surface area (Å²) in [6.45, 7) is 2.07. The molecular weight excluding hydrogens is 232 g/mol. The Hall–Kier alpha value is -1.38. The van der Waals surface area contributed by atoms with Crippen molar-refractivity contribution >= 4 is 11.6 Å². The Balaban J connectivity index is 2.20. The second-order valence-electron chi connectivity index (χ2n) is 4.13. The van der Waals surface area contributed by atoms with Gasteiger partial charge < -0.3 is 5.73 Å². The van der Waals surface area contributed by atoms with Crippen LogP contribution in [0, 0.1) is 6.92 Å². The first-order chi connectivity index (χ1) is 8.18. The van der Waals surface area contributed by atoms with Crippen LogP contribution in [-0.2, 0) is 6.42 Å². The highest BCUT2D eigenvalue weighted by atomic mass is 35.5. The summed E-state index contributed by atoms with van der Waals surface area (Å²) in [6, 6.07) is 10.1. The average Bonchev–Trinajstić information content (AvgIpc) is 2.32. The second-order valence-corrected chi connectivity index (χ2v) is 4.54. The molecule has 0 fully saturated rings. The first-order valence-electron chi connectivity index (χ1n) is 5.58. The number of aromatic nitrogens is 1. The number of benzene rings is 1. The van der Waals surface area contributed by atoms with Gasteiger partial charge in [0.25, 0.3) is 0 Å². The number of pyridine rings is 1. The molecule has 17 heavy (non-hydrogen) atoms. The second kappa shape index (κ2) is 5.30. The van der Waals surface area contributed by atoms with E-state index in [9.17, 15) is 0 Å². The maximum atomic E-state index is 6.22. The van der Waals surface area contributed by atoms with Gasteiger partial charge in [-0.3, -0.25) is 4.98 Å². The summed E-state index contributed by atoms with van der Waals surface area (Å²) in [7, 11) is 0. The van der Waals surface area contributed by atoms with Gasteiger partial charge in [-0.25, -0.2) is 0 Å². The lowest BCUT2D eigenvalue weighted by atomic mass is 9.97. The lowest BCUT2D eigenvalue weighted by Gasteiger charge is -2.15. The summed E-state index contributed by atoms with van der Waals surface area (Å²) in [6.07, 6.45) is 4.12. The summed E-state index contributed by atoms with van der Waals surface area (Å²) in [5, 5.41) is 0.677. The Morgan fingerprint density at radius 3 is 2.76 bits per heavy atom. The van der Waals surface area contributed by atoms with Crippen LogP contribution in [0.2, 0.25) is 5.02 Å². The van der Waals surface area contributed by atoms with Crippen molar-refractivity contribution in [3.63, 3.8) is 0 Å². The monoisotopic (exact) mass is 246 g/mol. The minimum atomic E-state index is -0.0314. The van der Waals surface area contributed by atoms with E-state index in [1.165, 1.54) is 11.1 Å². The van der Waals surface area contributed by atoms with E-state index < -0.39 is 0 Å². The van der Waals surface area contributed by atoms with Crippen molar-refractivity contribution in [3.05, 3.63) is 64.4 Å². The van der Waals surface area contributed by atoms with Crippen LogP contribution in [-0.4, -0.2) is 4.98 Å². The molecule has 1 aromatic heterocycles. The third kappa shape index (κ3) is 2.84. The number of aryl methyl sites for hydroxylation is 1. The zero-order valence-electron chi connectivity index (χ0n) is 9.73. The summed E-state index contributed by atoms with van der Waals surface area (Å²) in [5.74, 6) is 0. The maximum absolute atomic E-state index is 6.22. The molecule has 2 aromatic rings. The topological polar surface area (TPSA) is 38.9 Å². The molecule has 2 rings (SSSR count). The smallest absolute Gasteiger partial charge is 0.0622 e. The van der Waals surface area contributed by atoms with Crippen molar-refractivity contribution in [2.45, 2.75) is 19.4 Å². The van der Waals surface area contributed by atoms with Crippen LogP contribution in [0.15, 0.2) is 42.7 Å². The van der Waals surface area contributed by atoms with Gasteiger partial charge in [0.1, 0.15) is 0 Å².